The number of hydrogen-bond acceptors (Lipinski definition) is 4. The van der Waals surface area contributed by atoms with Crippen molar-refractivity contribution in [3.8, 4) is 11.4 Å². The molecule has 1 atom stereocenters. The van der Waals surface area contributed by atoms with Crippen LogP contribution in [0, 0.1) is 0 Å². The lowest BCUT2D eigenvalue weighted by atomic mass is 10.2. The molecule has 23 heavy (non-hydrogen) atoms. The van der Waals surface area contributed by atoms with E-state index in [-0.39, 0.29) is 11.2 Å². The van der Waals surface area contributed by atoms with Gasteiger partial charge in [0.15, 0.2) is 5.82 Å². The van der Waals surface area contributed by atoms with Gasteiger partial charge in [-0.2, -0.15) is 0 Å². The molecule has 116 valence electrons. The second kappa shape index (κ2) is 7.11. The summed E-state index contributed by atoms with van der Waals surface area (Å²) in [6.45, 7) is 1.83. The number of anilines is 1. The third kappa shape index (κ3) is 3.98. The van der Waals surface area contributed by atoms with Crippen molar-refractivity contribution in [2.75, 3.05) is 5.32 Å². The number of nitrogens with zero attached hydrogens (tertiary/aromatic N) is 2. The van der Waals surface area contributed by atoms with E-state index in [1.165, 1.54) is 11.8 Å². The zero-order valence-electron chi connectivity index (χ0n) is 12.6. The summed E-state index contributed by atoms with van der Waals surface area (Å²) in [7, 11) is 0. The number of carbonyl (C=O) groups is 1. The minimum Gasteiger partial charge on any atom is -0.325 e. The van der Waals surface area contributed by atoms with Gasteiger partial charge in [0.1, 0.15) is 0 Å². The molecular weight excluding hydrogens is 308 g/mol. The second-order valence-corrected chi connectivity index (χ2v) is 6.26. The molecule has 1 heterocycles. The topological polar surface area (TPSA) is 70.7 Å². The van der Waals surface area contributed by atoms with Crippen LogP contribution in [-0.2, 0) is 4.79 Å². The molecule has 0 aliphatic heterocycles. The first-order chi connectivity index (χ1) is 11.2. The zero-order chi connectivity index (χ0) is 16.1. The summed E-state index contributed by atoms with van der Waals surface area (Å²) in [5, 5.41) is 10.2. The Morgan fingerprint density at radius 2 is 1.74 bits per heavy atom. The largest absolute Gasteiger partial charge is 0.325 e. The monoisotopic (exact) mass is 324 g/mol. The van der Waals surface area contributed by atoms with Crippen molar-refractivity contribution in [1.82, 2.24) is 15.2 Å². The standard InChI is InChI=1S/C17H16N4OS/c1-12(16(22)18-14-10-6-3-7-11-14)23-17-19-15(20-21-17)13-8-4-2-5-9-13/h2-12H,1H3,(H,18,22)(H,19,20,21)/t12-/m0/s1. The van der Waals surface area contributed by atoms with Gasteiger partial charge in [-0.15, -0.1) is 5.10 Å². The van der Waals surface area contributed by atoms with E-state index < -0.39 is 0 Å². The Labute approximate surface area is 138 Å². The van der Waals surface area contributed by atoms with Crippen LogP contribution < -0.4 is 5.32 Å². The summed E-state index contributed by atoms with van der Waals surface area (Å²) < 4.78 is 0. The molecule has 0 aliphatic rings. The molecule has 0 bridgehead atoms. The van der Waals surface area contributed by atoms with E-state index in [0.29, 0.717) is 11.0 Å². The van der Waals surface area contributed by atoms with E-state index in [4.69, 9.17) is 0 Å². The molecule has 6 heteroatoms. The molecule has 0 saturated carbocycles. The van der Waals surface area contributed by atoms with Crippen LogP contribution >= 0.6 is 11.8 Å². The van der Waals surface area contributed by atoms with Crippen molar-refractivity contribution in [2.24, 2.45) is 0 Å². The summed E-state index contributed by atoms with van der Waals surface area (Å²) in [5.41, 5.74) is 1.75. The van der Waals surface area contributed by atoms with Crippen molar-refractivity contribution >= 4 is 23.4 Å². The summed E-state index contributed by atoms with van der Waals surface area (Å²) in [5.74, 6) is 0.621. The molecule has 3 rings (SSSR count). The first kappa shape index (κ1) is 15.3. The van der Waals surface area contributed by atoms with Gasteiger partial charge in [-0.3, -0.25) is 9.89 Å². The van der Waals surface area contributed by atoms with Crippen molar-refractivity contribution in [1.29, 1.82) is 0 Å². The maximum absolute atomic E-state index is 12.2. The van der Waals surface area contributed by atoms with Gasteiger partial charge in [-0.05, 0) is 19.1 Å². The van der Waals surface area contributed by atoms with Crippen molar-refractivity contribution in [2.45, 2.75) is 17.3 Å². The number of thioether (sulfide) groups is 1. The van der Waals surface area contributed by atoms with Crippen LogP contribution in [0.1, 0.15) is 6.92 Å². The highest BCUT2D eigenvalue weighted by molar-refractivity contribution is 8.00. The predicted octanol–water partition coefficient (Wildman–Crippen LogP) is 3.59. The molecule has 0 unspecified atom stereocenters. The molecule has 1 aromatic heterocycles. The van der Waals surface area contributed by atoms with Gasteiger partial charge in [0, 0.05) is 11.3 Å². The third-order valence-corrected chi connectivity index (χ3v) is 4.17. The fourth-order valence-electron chi connectivity index (χ4n) is 2.00. The summed E-state index contributed by atoms with van der Waals surface area (Å²) in [6, 6.07) is 19.1. The molecule has 0 saturated heterocycles. The van der Waals surface area contributed by atoms with E-state index in [2.05, 4.69) is 20.5 Å². The molecule has 1 amide bonds. The lowest BCUT2D eigenvalue weighted by molar-refractivity contribution is -0.115. The minimum atomic E-state index is -0.297. The molecule has 2 aromatic carbocycles. The molecule has 0 aliphatic carbocycles. The van der Waals surface area contributed by atoms with E-state index in [9.17, 15) is 4.79 Å². The number of H-pyrrole nitrogens is 1. The molecule has 0 fully saturated rings. The summed E-state index contributed by atoms with van der Waals surface area (Å²) >= 11 is 1.32. The molecule has 0 radical (unpaired) electrons. The SMILES string of the molecule is C[C@H](Sc1n[nH]c(-c2ccccc2)n1)C(=O)Nc1ccccc1. The van der Waals surface area contributed by atoms with Gasteiger partial charge >= 0.3 is 0 Å². The van der Waals surface area contributed by atoms with Gasteiger partial charge in [-0.1, -0.05) is 60.3 Å². The Kier molecular flexibility index (Phi) is 4.73. The predicted molar refractivity (Wildman–Crippen MR) is 92.2 cm³/mol. The number of rotatable bonds is 5. The Morgan fingerprint density at radius 1 is 1.09 bits per heavy atom. The third-order valence-electron chi connectivity index (χ3n) is 3.20. The normalized spacial score (nSPS) is 11.9. The van der Waals surface area contributed by atoms with E-state index in [1.807, 2.05) is 67.6 Å². The molecule has 3 aromatic rings. The fraction of sp³-hybridized carbons (Fsp3) is 0.118. The van der Waals surface area contributed by atoms with Crippen LogP contribution in [0.25, 0.3) is 11.4 Å². The number of amides is 1. The average molecular weight is 324 g/mol. The van der Waals surface area contributed by atoms with E-state index in [0.717, 1.165) is 11.3 Å². The Bertz CT molecular complexity index is 774. The maximum atomic E-state index is 12.2. The average Bonchev–Trinajstić information content (AvgIpc) is 3.05. The Balaban J connectivity index is 1.63. The lowest BCUT2D eigenvalue weighted by Gasteiger charge is -2.09. The molecule has 2 N–H and O–H groups in total. The van der Waals surface area contributed by atoms with Gasteiger partial charge in [0.2, 0.25) is 11.1 Å². The van der Waals surface area contributed by atoms with Gasteiger partial charge in [-0.25, -0.2) is 4.98 Å². The molecule has 5 nitrogen and oxygen atoms in total. The first-order valence-electron chi connectivity index (χ1n) is 7.23. The van der Waals surface area contributed by atoms with Crippen LogP contribution in [0.5, 0.6) is 0 Å². The van der Waals surface area contributed by atoms with E-state index >= 15 is 0 Å². The summed E-state index contributed by atoms with van der Waals surface area (Å²) in [4.78, 5) is 16.6. The number of benzene rings is 2. The van der Waals surface area contributed by atoms with Crippen LogP contribution in [-0.4, -0.2) is 26.3 Å². The maximum Gasteiger partial charge on any atom is 0.237 e. The van der Waals surface area contributed by atoms with Gasteiger partial charge in [0.05, 0.1) is 5.25 Å². The number of aromatic amines is 1. The van der Waals surface area contributed by atoms with Crippen LogP contribution in [0.4, 0.5) is 5.69 Å². The molecular formula is C17H16N4OS. The second-order valence-electron chi connectivity index (χ2n) is 4.95. The Morgan fingerprint density at radius 3 is 2.43 bits per heavy atom. The fourth-order valence-corrected chi connectivity index (χ4v) is 2.73. The van der Waals surface area contributed by atoms with Crippen LogP contribution in [0.2, 0.25) is 0 Å². The highest BCUT2D eigenvalue weighted by Crippen LogP contribution is 2.23. The number of nitrogens with one attached hydrogen (secondary N) is 2. The van der Waals surface area contributed by atoms with Gasteiger partial charge < -0.3 is 5.32 Å². The van der Waals surface area contributed by atoms with E-state index in [1.54, 1.807) is 0 Å². The number of carbonyl (C=O) groups excluding carboxylic acids is 1. The minimum absolute atomic E-state index is 0.0766. The lowest BCUT2D eigenvalue weighted by Crippen LogP contribution is -2.22. The summed E-state index contributed by atoms with van der Waals surface area (Å²) in [6.07, 6.45) is 0. The zero-order valence-corrected chi connectivity index (χ0v) is 13.4. The highest BCUT2D eigenvalue weighted by atomic mass is 32.2. The van der Waals surface area contributed by atoms with Crippen molar-refractivity contribution in [3.05, 3.63) is 60.7 Å². The Hall–Kier alpha value is -2.60. The quantitative estimate of drug-likeness (QED) is 0.704. The number of hydrogen-bond donors (Lipinski definition) is 2. The number of para-hydroxylation sites is 1. The van der Waals surface area contributed by atoms with Crippen molar-refractivity contribution < 1.29 is 4.79 Å². The van der Waals surface area contributed by atoms with Gasteiger partial charge in [0.25, 0.3) is 0 Å². The van der Waals surface area contributed by atoms with Crippen LogP contribution in [0.15, 0.2) is 65.8 Å². The molecule has 0 spiro atoms. The first-order valence-corrected chi connectivity index (χ1v) is 8.11. The highest BCUT2D eigenvalue weighted by Gasteiger charge is 2.17. The number of aromatic nitrogens is 3. The smallest absolute Gasteiger partial charge is 0.237 e. The van der Waals surface area contributed by atoms with Crippen molar-refractivity contribution in [3.63, 3.8) is 0 Å². The van der Waals surface area contributed by atoms with Crippen LogP contribution in [0.3, 0.4) is 0 Å².